The van der Waals surface area contributed by atoms with Crippen molar-refractivity contribution in [3.63, 3.8) is 0 Å². The van der Waals surface area contributed by atoms with Crippen LogP contribution in [-0.4, -0.2) is 23.4 Å². The molecule has 0 bridgehead atoms. The number of aliphatic imine (C=N–C) groups is 1. The third-order valence-corrected chi connectivity index (χ3v) is 0.908. The van der Waals surface area contributed by atoms with Crippen LogP contribution >= 0.6 is 12.2 Å². The van der Waals surface area contributed by atoms with Gasteiger partial charge in [0.2, 0.25) is 0 Å². The smallest absolute Gasteiger partial charge is 0.0585 e. The summed E-state index contributed by atoms with van der Waals surface area (Å²) in [6, 6.07) is 0. The standard InChI is InChI=1S/C5H9NOS/c1-5(3-7)2-6-4-8/h5,7H,2-3H2,1H3. The van der Waals surface area contributed by atoms with Gasteiger partial charge in [-0.1, -0.05) is 6.92 Å². The first-order valence-corrected chi connectivity index (χ1v) is 2.86. The Morgan fingerprint density at radius 3 is 2.88 bits per heavy atom. The molecule has 2 nitrogen and oxygen atoms in total. The summed E-state index contributed by atoms with van der Waals surface area (Å²) in [5, 5.41) is 10.7. The second kappa shape index (κ2) is 4.91. The van der Waals surface area contributed by atoms with Crippen molar-refractivity contribution in [2.75, 3.05) is 13.2 Å². The molecule has 0 aliphatic carbocycles. The van der Waals surface area contributed by atoms with Gasteiger partial charge in [0.05, 0.1) is 11.7 Å². The van der Waals surface area contributed by atoms with E-state index < -0.39 is 0 Å². The maximum Gasteiger partial charge on any atom is 0.0585 e. The highest BCUT2D eigenvalue weighted by molar-refractivity contribution is 7.78. The average molecular weight is 131 g/mol. The zero-order chi connectivity index (χ0) is 6.41. The van der Waals surface area contributed by atoms with Crippen molar-refractivity contribution in [3.8, 4) is 0 Å². The van der Waals surface area contributed by atoms with E-state index in [4.69, 9.17) is 5.11 Å². The molecule has 0 aliphatic rings. The van der Waals surface area contributed by atoms with Crippen LogP contribution in [0.4, 0.5) is 0 Å². The van der Waals surface area contributed by atoms with Crippen LogP contribution in [0.15, 0.2) is 4.99 Å². The number of aliphatic hydroxyl groups is 1. The first-order valence-electron chi connectivity index (χ1n) is 2.45. The van der Waals surface area contributed by atoms with Gasteiger partial charge < -0.3 is 5.11 Å². The number of hydrogen-bond donors (Lipinski definition) is 1. The maximum absolute atomic E-state index is 8.44. The summed E-state index contributed by atoms with van der Waals surface area (Å²) in [4.78, 5) is 3.65. The Hall–Kier alpha value is -0.240. The number of rotatable bonds is 3. The van der Waals surface area contributed by atoms with E-state index in [2.05, 4.69) is 22.4 Å². The lowest BCUT2D eigenvalue weighted by Crippen LogP contribution is -2.03. The molecule has 3 heteroatoms. The molecule has 0 saturated carbocycles. The highest BCUT2D eigenvalue weighted by Gasteiger charge is 1.94. The third kappa shape index (κ3) is 3.93. The normalized spacial score (nSPS) is 12.2. The Balaban J connectivity index is 3.23. The minimum atomic E-state index is 0.167. The van der Waals surface area contributed by atoms with E-state index in [0.717, 1.165) is 0 Å². The van der Waals surface area contributed by atoms with Gasteiger partial charge in [-0.2, -0.15) is 0 Å². The van der Waals surface area contributed by atoms with Crippen molar-refractivity contribution in [2.45, 2.75) is 6.92 Å². The Morgan fingerprint density at radius 1 is 1.88 bits per heavy atom. The Kier molecular flexibility index (Phi) is 4.76. The van der Waals surface area contributed by atoms with Crippen LogP contribution in [0.25, 0.3) is 0 Å². The van der Waals surface area contributed by atoms with E-state index in [9.17, 15) is 0 Å². The van der Waals surface area contributed by atoms with E-state index >= 15 is 0 Å². The van der Waals surface area contributed by atoms with Crippen molar-refractivity contribution < 1.29 is 5.11 Å². The van der Waals surface area contributed by atoms with E-state index in [1.54, 1.807) is 0 Å². The molecule has 8 heavy (non-hydrogen) atoms. The molecule has 0 amide bonds. The molecule has 0 fully saturated rings. The lowest BCUT2D eigenvalue weighted by atomic mass is 10.2. The highest BCUT2D eigenvalue weighted by Crippen LogP contribution is 1.90. The zero-order valence-electron chi connectivity index (χ0n) is 4.79. The minimum Gasteiger partial charge on any atom is -0.396 e. The number of hydrogen-bond acceptors (Lipinski definition) is 3. The fourth-order valence-electron chi connectivity index (χ4n) is 0.251. The van der Waals surface area contributed by atoms with Gasteiger partial charge in [-0.15, -0.1) is 0 Å². The zero-order valence-corrected chi connectivity index (χ0v) is 5.61. The topological polar surface area (TPSA) is 32.6 Å². The fraction of sp³-hybridized carbons (Fsp3) is 0.800. The quantitative estimate of drug-likeness (QED) is 0.452. The second-order valence-corrected chi connectivity index (χ2v) is 1.90. The Labute approximate surface area is 54.2 Å². The van der Waals surface area contributed by atoms with Gasteiger partial charge in [-0.25, -0.2) is 4.99 Å². The second-order valence-electron chi connectivity index (χ2n) is 1.72. The van der Waals surface area contributed by atoms with Crippen LogP contribution < -0.4 is 0 Å². The van der Waals surface area contributed by atoms with E-state index in [1.807, 2.05) is 6.92 Å². The van der Waals surface area contributed by atoms with Crippen LogP contribution in [0.1, 0.15) is 6.92 Å². The molecule has 1 N–H and O–H groups in total. The van der Waals surface area contributed by atoms with Crippen LogP contribution in [0.2, 0.25) is 0 Å². The molecule has 1 atom stereocenters. The fourth-order valence-corrected chi connectivity index (χ4v) is 0.325. The van der Waals surface area contributed by atoms with Crippen molar-refractivity contribution >= 4 is 17.4 Å². The molecule has 0 aromatic carbocycles. The maximum atomic E-state index is 8.44. The molecule has 0 saturated heterocycles. The predicted molar refractivity (Wildman–Crippen MR) is 36.1 cm³/mol. The molecule has 46 valence electrons. The van der Waals surface area contributed by atoms with Gasteiger partial charge in [-0.05, 0) is 18.1 Å². The summed E-state index contributed by atoms with van der Waals surface area (Å²) in [5.74, 6) is 0.213. The molecule has 0 radical (unpaired) electrons. The Morgan fingerprint density at radius 2 is 2.50 bits per heavy atom. The monoisotopic (exact) mass is 131 g/mol. The third-order valence-electron chi connectivity index (χ3n) is 0.779. The molecule has 0 heterocycles. The summed E-state index contributed by atoms with van der Waals surface area (Å²) in [6.45, 7) is 2.65. The first-order chi connectivity index (χ1) is 3.81. The average Bonchev–Trinajstić information content (AvgIpc) is 1.83. The van der Waals surface area contributed by atoms with Crippen LogP contribution in [0.5, 0.6) is 0 Å². The van der Waals surface area contributed by atoms with Gasteiger partial charge in [0.1, 0.15) is 0 Å². The molecular formula is C5H9NOS. The predicted octanol–water partition coefficient (Wildman–Crippen LogP) is 0.718. The first kappa shape index (κ1) is 7.76. The number of isothiocyanates is 1. The Bertz CT molecular complexity index is 98.6. The molecule has 0 rings (SSSR count). The van der Waals surface area contributed by atoms with Gasteiger partial charge in [-0.3, -0.25) is 0 Å². The highest BCUT2D eigenvalue weighted by atomic mass is 32.1. The van der Waals surface area contributed by atoms with E-state index in [0.29, 0.717) is 6.54 Å². The lowest BCUT2D eigenvalue weighted by molar-refractivity contribution is 0.242. The van der Waals surface area contributed by atoms with Crippen LogP contribution in [-0.2, 0) is 0 Å². The molecule has 0 aromatic rings. The summed E-state index contributed by atoms with van der Waals surface area (Å²) < 4.78 is 0. The molecule has 0 aliphatic heterocycles. The summed E-state index contributed by atoms with van der Waals surface area (Å²) in [7, 11) is 0. The van der Waals surface area contributed by atoms with Crippen LogP contribution in [0, 0.1) is 5.92 Å². The summed E-state index contributed by atoms with van der Waals surface area (Å²) in [6.07, 6.45) is 0. The lowest BCUT2D eigenvalue weighted by Gasteiger charge is -1.98. The van der Waals surface area contributed by atoms with Gasteiger partial charge in [0.15, 0.2) is 0 Å². The van der Waals surface area contributed by atoms with Gasteiger partial charge in [0.25, 0.3) is 0 Å². The van der Waals surface area contributed by atoms with Crippen molar-refractivity contribution in [2.24, 2.45) is 10.9 Å². The molecule has 1 unspecified atom stereocenters. The van der Waals surface area contributed by atoms with Gasteiger partial charge in [0, 0.05) is 6.61 Å². The van der Waals surface area contributed by atoms with Crippen molar-refractivity contribution in [1.29, 1.82) is 0 Å². The number of aliphatic hydroxyl groups excluding tert-OH is 1. The summed E-state index contributed by atoms with van der Waals surface area (Å²) >= 11 is 4.32. The molecular weight excluding hydrogens is 122 g/mol. The SMILES string of the molecule is CC(CO)CN=C=S. The molecule has 0 spiro atoms. The van der Waals surface area contributed by atoms with E-state index in [1.165, 1.54) is 0 Å². The van der Waals surface area contributed by atoms with Crippen molar-refractivity contribution in [3.05, 3.63) is 0 Å². The minimum absolute atomic E-state index is 0.167. The van der Waals surface area contributed by atoms with Gasteiger partial charge >= 0.3 is 0 Å². The van der Waals surface area contributed by atoms with E-state index in [-0.39, 0.29) is 12.5 Å². The van der Waals surface area contributed by atoms with Crippen LogP contribution in [0.3, 0.4) is 0 Å². The largest absolute Gasteiger partial charge is 0.396 e. The number of thiocarbonyl (C=S) groups is 1. The van der Waals surface area contributed by atoms with Crippen molar-refractivity contribution in [1.82, 2.24) is 0 Å². The summed E-state index contributed by atoms with van der Waals surface area (Å²) in [5.41, 5.74) is 0. The molecule has 0 aromatic heterocycles. The number of nitrogens with zero attached hydrogens (tertiary/aromatic N) is 1.